The summed E-state index contributed by atoms with van der Waals surface area (Å²) in [5.74, 6) is 0.469. The number of amides is 1. The number of hydrogen-bond donors (Lipinski definition) is 1. The van der Waals surface area contributed by atoms with Crippen molar-refractivity contribution in [2.75, 3.05) is 5.75 Å². The Labute approximate surface area is 161 Å². The monoisotopic (exact) mass is 391 g/mol. The molecule has 3 heterocycles. The van der Waals surface area contributed by atoms with Gasteiger partial charge in [0.25, 0.3) is 5.56 Å². The number of aromatic nitrogens is 2. The topological polar surface area (TPSA) is 66.1 Å². The summed E-state index contributed by atoms with van der Waals surface area (Å²) >= 11 is 3.00. The van der Waals surface area contributed by atoms with Gasteiger partial charge >= 0.3 is 0 Å². The number of carbonyl (C=O) groups is 1. The Morgan fingerprint density at radius 1 is 1.23 bits per heavy atom. The molecule has 2 aromatic rings. The predicted octanol–water partition coefficient (Wildman–Crippen LogP) is 3.75. The molecule has 140 valence electrons. The first-order chi connectivity index (χ1) is 12.5. The predicted molar refractivity (Wildman–Crippen MR) is 107 cm³/mol. The van der Waals surface area contributed by atoms with Crippen molar-refractivity contribution in [1.29, 1.82) is 0 Å². The Morgan fingerprint density at radius 2 is 1.96 bits per heavy atom. The van der Waals surface area contributed by atoms with E-state index in [0.717, 1.165) is 42.3 Å². The molecule has 1 aliphatic heterocycles. The van der Waals surface area contributed by atoms with Crippen molar-refractivity contribution < 1.29 is 4.79 Å². The van der Waals surface area contributed by atoms with Crippen LogP contribution in [0.2, 0.25) is 0 Å². The van der Waals surface area contributed by atoms with E-state index >= 15 is 0 Å². The molecule has 2 unspecified atom stereocenters. The van der Waals surface area contributed by atoms with Crippen molar-refractivity contribution in [2.24, 2.45) is 0 Å². The van der Waals surface area contributed by atoms with Gasteiger partial charge in [0, 0.05) is 17.0 Å². The smallest absolute Gasteiger partial charge is 0.260 e. The number of piperidine rings is 1. The van der Waals surface area contributed by atoms with Crippen molar-refractivity contribution in [2.45, 2.75) is 76.0 Å². The van der Waals surface area contributed by atoms with Crippen molar-refractivity contribution in [3.05, 3.63) is 20.8 Å². The van der Waals surface area contributed by atoms with Crippen LogP contribution in [-0.4, -0.2) is 38.6 Å². The highest BCUT2D eigenvalue weighted by Crippen LogP contribution is 2.34. The van der Waals surface area contributed by atoms with Crippen LogP contribution in [0.4, 0.5) is 0 Å². The molecule has 5 nitrogen and oxygen atoms in total. The Hall–Kier alpha value is -1.34. The number of nitrogens with zero attached hydrogens (tertiary/aromatic N) is 2. The van der Waals surface area contributed by atoms with Crippen molar-refractivity contribution in [1.82, 2.24) is 14.9 Å². The van der Waals surface area contributed by atoms with E-state index in [9.17, 15) is 9.59 Å². The highest BCUT2D eigenvalue weighted by atomic mass is 32.2. The Morgan fingerprint density at radius 3 is 2.73 bits per heavy atom. The second-order valence-corrected chi connectivity index (χ2v) is 9.53. The molecule has 2 atom stereocenters. The molecule has 1 fully saturated rings. The van der Waals surface area contributed by atoms with Crippen LogP contribution in [0.5, 0.6) is 0 Å². The molecule has 1 saturated heterocycles. The SMILES string of the molecule is CC1CCCC(C)N1C(=O)CSc1nc2sc3c(c2c(=O)[nH]1)CCCC3. The molecule has 0 bridgehead atoms. The maximum Gasteiger partial charge on any atom is 0.260 e. The number of carbonyl (C=O) groups excluding carboxylic acids is 1. The van der Waals surface area contributed by atoms with E-state index in [2.05, 4.69) is 23.8 Å². The number of H-pyrrole nitrogens is 1. The Bertz CT molecular complexity index is 879. The van der Waals surface area contributed by atoms with Gasteiger partial charge in [-0.25, -0.2) is 4.98 Å². The summed E-state index contributed by atoms with van der Waals surface area (Å²) in [6, 6.07) is 0.593. The van der Waals surface area contributed by atoms with Crippen LogP contribution in [0.15, 0.2) is 9.95 Å². The fourth-order valence-corrected chi connectivity index (χ4v) is 6.38. The van der Waals surface area contributed by atoms with E-state index in [0.29, 0.717) is 23.0 Å². The summed E-state index contributed by atoms with van der Waals surface area (Å²) in [5.41, 5.74) is 1.15. The van der Waals surface area contributed by atoms with Gasteiger partial charge in [-0.05, 0) is 64.4 Å². The molecule has 1 N–H and O–H groups in total. The Kier molecular flexibility index (Phi) is 5.10. The zero-order valence-corrected chi connectivity index (χ0v) is 17.0. The van der Waals surface area contributed by atoms with Crippen molar-refractivity contribution >= 4 is 39.2 Å². The van der Waals surface area contributed by atoms with Crippen LogP contribution in [0.3, 0.4) is 0 Å². The Balaban J connectivity index is 1.52. The van der Waals surface area contributed by atoms with Crippen molar-refractivity contribution in [3.8, 4) is 0 Å². The van der Waals surface area contributed by atoms with Gasteiger partial charge in [0.05, 0.1) is 11.1 Å². The molecule has 0 aromatic carbocycles. The summed E-state index contributed by atoms with van der Waals surface area (Å²) in [6.07, 6.45) is 7.71. The highest BCUT2D eigenvalue weighted by Gasteiger charge is 2.29. The van der Waals surface area contributed by atoms with Crippen LogP contribution in [0.25, 0.3) is 10.2 Å². The lowest BCUT2D eigenvalue weighted by Gasteiger charge is -2.39. The van der Waals surface area contributed by atoms with Gasteiger partial charge in [-0.3, -0.25) is 9.59 Å². The number of aryl methyl sites for hydroxylation is 2. The van der Waals surface area contributed by atoms with Crippen LogP contribution < -0.4 is 5.56 Å². The van der Waals surface area contributed by atoms with Crippen LogP contribution in [0, 0.1) is 0 Å². The molecule has 1 amide bonds. The third-order valence-electron chi connectivity index (χ3n) is 5.62. The number of likely N-dealkylation sites (tertiary alicyclic amines) is 1. The normalized spacial score (nSPS) is 23.2. The molecule has 2 aromatic heterocycles. The van der Waals surface area contributed by atoms with E-state index in [4.69, 9.17) is 0 Å². The van der Waals surface area contributed by atoms with E-state index in [-0.39, 0.29) is 11.5 Å². The standard InChI is InChI=1S/C19H25N3O2S2/c1-11-6-5-7-12(2)22(11)15(23)10-25-19-20-17(24)16-13-8-3-4-9-14(13)26-18(16)21-19/h11-12H,3-10H2,1-2H3,(H,20,21,24). The number of fused-ring (bicyclic) bond motifs is 3. The number of thioether (sulfide) groups is 1. The third-order valence-corrected chi connectivity index (χ3v) is 7.66. The maximum atomic E-state index is 12.7. The van der Waals surface area contributed by atoms with E-state index in [1.54, 1.807) is 11.3 Å². The van der Waals surface area contributed by atoms with Crippen LogP contribution in [0.1, 0.15) is 56.4 Å². The molecular weight excluding hydrogens is 366 g/mol. The van der Waals surface area contributed by atoms with Gasteiger partial charge in [0.1, 0.15) is 4.83 Å². The molecule has 1 aliphatic carbocycles. The van der Waals surface area contributed by atoms with Crippen LogP contribution in [-0.2, 0) is 17.6 Å². The van der Waals surface area contributed by atoms with Crippen LogP contribution >= 0.6 is 23.1 Å². The number of hydrogen-bond acceptors (Lipinski definition) is 5. The summed E-state index contributed by atoms with van der Waals surface area (Å²) in [5, 5.41) is 1.34. The largest absolute Gasteiger partial charge is 0.337 e. The van der Waals surface area contributed by atoms with Gasteiger partial charge in [0.15, 0.2) is 5.16 Å². The molecule has 0 spiro atoms. The van der Waals surface area contributed by atoms with E-state index in [1.165, 1.54) is 35.0 Å². The number of rotatable bonds is 3. The third kappa shape index (κ3) is 3.31. The van der Waals surface area contributed by atoms with Crippen molar-refractivity contribution in [3.63, 3.8) is 0 Å². The molecule has 0 radical (unpaired) electrons. The highest BCUT2D eigenvalue weighted by molar-refractivity contribution is 7.99. The average molecular weight is 392 g/mol. The summed E-state index contributed by atoms with van der Waals surface area (Å²) in [7, 11) is 0. The van der Waals surface area contributed by atoms with Gasteiger partial charge < -0.3 is 9.88 Å². The zero-order valence-electron chi connectivity index (χ0n) is 15.3. The maximum absolute atomic E-state index is 12.7. The minimum atomic E-state index is -0.0518. The average Bonchev–Trinajstić information content (AvgIpc) is 2.98. The second kappa shape index (κ2) is 7.35. The number of thiophene rings is 1. The lowest BCUT2D eigenvalue weighted by molar-refractivity contribution is -0.134. The fraction of sp³-hybridized carbons (Fsp3) is 0.632. The minimum absolute atomic E-state index is 0.0518. The molecular formula is C19H25N3O2S2. The van der Waals surface area contributed by atoms with Gasteiger partial charge in [0.2, 0.25) is 5.91 Å². The number of aromatic amines is 1. The molecule has 7 heteroatoms. The van der Waals surface area contributed by atoms with Gasteiger partial charge in [-0.2, -0.15) is 0 Å². The first-order valence-electron chi connectivity index (χ1n) is 9.53. The lowest BCUT2D eigenvalue weighted by Crippen LogP contribution is -2.48. The molecule has 26 heavy (non-hydrogen) atoms. The number of nitrogens with one attached hydrogen (secondary N) is 1. The van der Waals surface area contributed by atoms with E-state index < -0.39 is 0 Å². The molecule has 0 saturated carbocycles. The summed E-state index contributed by atoms with van der Waals surface area (Å²) in [4.78, 5) is 37.0. The first kappa shape index (κ1) is 18.0. The van der Waals surface area contributed by atoms with Gasteiger partial charge in [-0.1, -0.05) is 11.8 Å². The zero-order chi connectivity index (χ0) is 18.3. The van der Waals surface area contributed by atoms with Gasteiger partial charge in [-0.15, -0.1) is 11.3 Å². The lowest BCUT2D eigenvalue weighted by atomic mass is 9.97. The summed E-state index contributed by atoms with van der Waals surface area (Å²) < 4.78 is 0. The first-order valence-corrected chi connectivity index (χ1v) is 11.3. The summed E-state index contributed by atoms with van der Waals surface area (Å²) in [6.45, 7) is 4.25. The van der Waals surface area contributed by atoms with E-state index in [1.807, 2.05) is 4.90 Å². The minimum Gasteiger partial charge on any atom is -0.337 e. The quantitative estimate of drug-likeness (QED) is 0.639. The molecule has 2 aliphatic rings. The molecule has 4 rings (SSSR count). The fourth-order valence-electron chi connectivity index (χ4n) is 4.33. The second-order valence-electron chi connectivity index (χ2n) is 7.48.